The highest BCUT2D eigenvalue weighted by Crippen LogP contribution is 2.34. The molecule has 2 aromatic rings. The van der Waals surface area contributed by atoms with Gasteiger partial charge in [-0.1, -0.05) is 0 Å². The van der Waals surface area contributed by atoms with Crippen LogP contribution in [0.25, 0.3) is 0 Å². The molecule has 0 fully saturated rings. The van der Waals surface area contributed by atoms with Gasteiger partial charge in [0.05, 0.1) is 9.79 Å². The van der Waals surface area contributed by atoms with Crippen molar-refractivity contribution in [1.29, 1.82) is 0 Å². The maximum Gasteiger partial charge on any atom is 0.208 e. The lowest BCUT2D eigenvalue weighted by molar-refractivity contribution is 0.474. The molecule has 0 aliphatic heterocycles. The fourth-order valence-corrected chi connectivity index (χ4v) is 4.91. The molecule has 0 saturated carbocycles. The Balaban J connectivity index is 2.65. The van der Waals surface area contributed by atoms with E-state index in [0.29, 0.717) is 0 Å². The van der Waals surface area contributed by atoms with Crippen LogP contribution in [0.15, 0.2) is 55.1 Å². The molecule has 0 atom stereocenters. The van der Waals surface area contributed by atoms with Crippen molar-refractivity contribution in [2.75, 3.05) is 0 Å². The van der Waals surface area contributed by atoms with E-state index in [-0.39, 0.29) is 30.2 Å². The van der Waals surface area contributed by atoms with Crippen LogP contribution in [0, 0.1) is 0 Å². The predicted octanol–water partition coefficient (Wildman–Crippen LogP) is 3.46. The predicted molar refractivity (Wildman–Crippen MR) is 77.1 cm³/mol. The lowest BCUT2D eigenvalue weighted by atomic mass is 10.3. The molecule has 0 aliphatic rings. The molecule has 0 spiro atoms. The van der Waals surface area contributed by atoms with Gasteiger partial charge in [0.15, 0.2) is 0 Å². The third kappa shape index (κ3) is 2.77. The van der Waals surface area contributed by atoms with Gasteiger partial charge in [0.25, 0.3) is 0 Å². The van der Waals surface area contributed by atoms with E-state index in [2.05, 4.69) is 31.9 Å². The Kier molecular flexibility index (Phi) is 3.89. The largest absolute Gasteiger partial charge is 0.508 e. The van der Waals surface area contributed by atoms with Gasteiger partial charge in [-0.25, -0.2) is 8.42 Å². The molecule has 2 N–H and O–H groups in total. The Hall–Kier alpha value is -1.05. The summed E-state index contributed by atoms with van der Waals surface area (Å²) in [5.41, 5.74) is 0. The first kappa shape index (κ1) is 14.4. The highest BCUT2D eigenvalue weighted by atomic mass is 79.9. The molecule has 0 heterocycles. The second kappa shape index (κ2) is 5.15. The zero-order valence-electron chi connectivity index (χ0n) is 9.34. The van der Waals surface area contributed by atoms with E-state index >= 15 is 0 Å². The van der Waals surface area contributed by atoms with Crippen LogP contribution in [-0.4, -0.2) is 18.6 Å². The normalized spacial score (nSPS) is 11.5. The minimum atomic E-state index is -3.75. The summed E-state index contributed by atoms with van der Waals surface area (Å²) in [6, 6.07) is 7.84. The summed E-state index contributed by atoms with van der Waals surface area (Å²) in [4.78, 5) is 0.0772. The number of phenols is 2. The van der Waals surface area contributed by atoms with Crippen molar-refractivity contribution < 1.29 is 18.6 Å². The molecule has 2 rings (SSSR count). The third-order valence-electron chi connectivity index (χ3n) is 2.41. The number of hydrogen-bond acceptors (Lipinski definition) is 4. The average Bonchev–Trinajstić information content (AvgIpc) is 2.27. The Morgan fingerprint density at radius 2 is 1.16 bits per heavy atom. The molecule has 0 amide bonds. The van der Waals surface area contributed by atoms with Crippen molar-refractivity contribution in [1.82, 2.24) is 0 Å². The minimum absolute atomic E-state index is 0.0319. The zero-order chi connectivity index (χ0) is 14.2. The maximum absolute atomic E-state index is 12.5. The van der Waals surface area contributed by atoms with Gasteiger partial charge in [-0.3, -0.25) is 0 Å². The Morgan fingerprint density at radius 1 is 0.789 bits per heavy atom. The number of benzene rings is 2. The molecule has 7 heteroatoms. The molecular formula is C12H8Br2O4S. The summed E-state index contributed by atoms with van der Waals surface area (Å²) < 4.78 is 25.5. The first-order valence-corrected chi connectivity index (χ1v) is 8.11. The van der Waals surface area contributed by atoms with Crippen molar-refractivity contribution in [2.45, 2.75) is 9.79 Å². The monoisotopic (exact) mass is 406 g/mol. The van der Waals surface area contributed by atoms with Crippen LogP contribution in [-0.2, 0) is 9.84 Å². The Bertz CT molecular complexity index is 684. The van der Waals surface area contributed by atoms with Crippen molar-refractivity contribution in [2.24, 2.45) is 0 Å². The van der Waals surface area contributed by atoms with Gasteiger partial charge in [0.2, 0.25) is 9.84 Å². The summed E-state index contributed by atoms with van der Waals surface area (Å²) in [5, 5.41) is 18.6. The molecule has 19 heavy (non-hydrogen) atoms. The first-order chi connectivity index (χ1) is 8.82. The third-order valence-corrected chi connectivity index (χ3v) is 6.12. The van der Waals surface area contributed by atoms with Crippen LogP contribution in [0.4, 0.5) is 0 Å². The van der Waals surface area contributed by atoms with Gasteiger partial charge in [-0.05, 0) is 68.3 Å². The smallest absolute Gasteiger partial charge is 0.208 e. The number of aromatic hydroxyl groups is 2. The van der Waals surface area contributed by atoms with E-state index in [4.69, 9.17) is 0 Å². The van der Waals surface area contributed by atoms with E-state index in [1.54, 1.807) is 0 Å². The Morgan fingerprint density at radius 3 is 1.47 bits per heavy atom. The molecule has 4 nitrogen and oxygen atoms in total. The fraction of sp³-hybridized carbons (Fsp3) is 0. The number of phenolic OH excluding ortho intramolecular Hbond substituents is 2. The van der Waals surface area contributed by atoms with E-state index in [1.807, 2.05) is 0 Å². The quantitative estimate of drug-likeness (QED) is 0.799. The lowest BCUT2D eigenvalue weighted by Gasteiger charge is -2.09. The summed E-state index contributed by atoms with van der Waals surface area (Å²) in [6.07, 6.45) is 0. The second-order valence-corrected chi connectivity index (χ2v) is 7.33. The van der Waals surface area contributed by atoms with Crippen LogP contribution in [0.3, 0.4) is 0 Å². The van der Waals surface area contributed by atoms with Gasteiger partial charge in [0.1, 0.15) is 11.5 Å². The van der Waals surface area contributed by atoms with Crippen LogP contribution >= 0.6 is 31.9 Å². The van der Waals surface area contributed by atoms with Gasteiger partial charge < -0.3 is 10.2 Å². The average molecular weight is 408 g/mol. The van der Waals surface area contributed by atoms with Gasteiger partial charge >= 0.3 is 0 Å². The molecule has 100 valence electrons. The van der Waals surface area contributed by atoms with Gasteiger partial charge in [0, 0.05) is 8.95 Å². The number of sulfone groups is 1. The molecule has 0 aliphatic carbocycles. The zero-order valence-corrected chi connectivity index (χ0v) is 13.3. The highest BCUT2D eigenvalue weighted by Gasteiger charge is 2.23. The fourth-order valence-electron chi connectivity index (χ4n) is 1.53. The van der Waals surface area contributed by atoms with Gasteiger partial charge in [-0.15, -0.1) is 0 Å². The Labute approximate surface area is 126 Å². The summed E-state index contributed by atoms with van der Waals surface area (Å²) in [5.74, 6) is -0.0637. The highest BCUT2D eigenvalue weighted by molar-refractivity contribution is 9.10. The van der Waals surface area contributed by atoms with E-state index in [9.17, 15) is 18.6 Å². The molecule has 2 aromatic carbocycles. The van der Waals surface area contributed by atoms with E-state index < -0.39 is 9.84 Å². The first-order valence-electron chi connectivity index (χ1n) is 5.04. The topological polar surface area (TPSA) is 74.6 Å². The summed E-state index contributed by atoms with van der Waals surface area (Å²) in [6.45, 7) is 0. The molecule has 0 bridgehead atoms. The number of rotatable bonds is 2. The van der Waals surface area contributed by atoms with E-state index in [1.165, 1.54) is 36.4 Å². The standard InChI is InChI=1S/C12H8Br2O4S/c13-9-5-7(15)1-3-11(9)19(17,18)12-4-2-8(16)6-10(12)14/h1-6,15-16H. The lowest BCUT2D eigenvalue weighted by Crippen LogP contribution is -2.03. The minimum Gasteiger partial charge on any atom is -0.508 e. The molecular weight excluding hydrogens is 400 g/mol. The van der Waals surface area contributed by atoms with Crippen molar-refractivity contribution in [3.8, 4) is 11.5 Å². The van der Waals surface area contributed by atoms with Gasteiger partial charge in [-0.2, -0.15) is 0 Å². The number of halogens is 2. The summed E-state index contributed by atoms with van der Waals surface area (Å²) >= 11 is 6.23. The SMILES string of the molecule is O=S(=O)(c1ccc(O)cc1Br)c1ccc(O)cc1Br. The number of hydrogen-bond donors (Lipinski definition) is 2. The molecule has 0 saturated heterocycles. The second-order valence-electron chi connectivity index (χ2n) is 3.73. The molecule has 0 radical (unpaired) electrons. The van der Waals surface area contributed by atoms with Crippen molar-refractivity contribution in [3.05, 3.63) is 45.3 Å². The van der Waals surface area contributed by atoms with Crippen LogP contribution in [0.2, 0.25) is 0 Å². The van der Waals surface area contributed by atoms with Crippen LogP contribution < -0.4 is 0 Å². The van der Waals surface area contributed by atoms with Crippen LogP contribution in [0.1, 0.15) is 0 Å². The van der Waals surface area contributed by atoms with Crippen molar-refractivity contribution >= 4 is 41.7 Å². The molecule has 0 aromatic heterocycles. The maximum atomic E-state index is 12.5. The summed E-state index contributed by atoms with van der Waals surface area (Å²) in [7, 11) is -3.75. The molecule has 0 unspecified atom stereocenters. The van der Waals surface area contributed by atoms with E-state index in [0.717, 1.165) is 0 Å². The van der Waals surface area contributed by atoms with Crippen LogP contribution in [0.5, 0.6) is 11.5 Å². The van der Waals surface area contributed by atoms with Crippen molar-refractivity contribution in [3.63, 3.8) is 0 Å².